The molecule has 0 heterocycles. The van der Waals surface area contributed by atoms with Crippen molar-refractivity contribution >= 4 is 52.9 Å². The molecule has 0 atom stereocenters. The number of hydrogen-bond acceptors (Lipinski definition) is 8. The van der Waals surface area contributed by atoms with Gasteiger partial charge in [0.15, 0.2) is 11.5 Å². The van der Waals surface area contributed by atoms with E-state index in [0.29, 0.717) is 44.1 Å². The number of hydrazone groups is 1. The summed E-state index contributed by atoms with van der Waals surface area (Å²) >= 11 is 12.0. The number of anilines is 1. The predicted molar refractivity (Wildman–Crippen MR) is 163 cm³/mol. The van der Waals surface area contributed by atoms with Crippen LogP contribution >= 0.6 is 23.2 Å². The Morgan fingerprint density at radius 1 is 0.674 bits per heavy atom. The molecule has 0 spiro atoms. The van der Waals surface area contributed by atoms with Crippen molar-refractivity contribution in [2.45, 2.75) is 0 Å². The lowest BCUT2D eigenvalue weighted by atomic mass is 10.1. The number of benzene rings is 4. The van der Waals surface area contributed by atoms with Gasteiger partial charge in [0.25, 0.3) is 11.8 Å². The first-order chi connectivity index (χ1) is 20.7. The Bertz CT molecular complexity index is 1650. The monoisotopic (exact) mass is 621 g/mol. The SMILES string of the molecule is COc1cc(C(=O)Nc2ccc(C(=O)N/N=C/c3cc(Cl)ccc3OC(=O)c3ccc(Cl)cc3)cc2)cc(OC)c1OC. The van der Waals surface area contributed by atoms with Gasteiger partial charge in [-0.25, -0.2) is 10.2 Å². The lowest BCUT2D eigenvalue weighted by Gasteiger charge is -2.14. The zero-order valence-electron chi connectivity index (χ0n) is 23.1. The first kappa shape index (κ1) is 30.9. The number of halogens is 2. The number of hydrogen-bond donors (Lipinski definition) is 2. The van der Waals surface area contributed by atoms with Crippen molar-refractivity contribution in [2.24, 2.45) is 5.10 Å². The summed E-state index contributed by atoms with van der Waals surface area (Å²) in [5.74, 6) is -0.307. The molecule has 0 saturated heterocycles. The minimum Gasteiger partial charge on any atom is -0.493 e. The molecule has 4 rings (SSSR count). The Balaban J connectivity index is 1.40. The smallest absolute Gasteiger partial charge is 0.343 e. The van der Waals surface area contributed by atoms with Gasteiger partial charge < -0.3 is 24.3 Å². The van der Waals surface area contributed by atoms with Gasteiger partial charge in [0.2, 0.25) is 5.75 Å². The number of amides is 2. The quantitative estimate of drug-likeness (QED) is 0.0927. The number of nitrogens with zero attached hydrogens (tertiary/aromatic N) is 1. The van der Waals surface area contributed by atoms with Crippen molar-refractivity contribution in [3.63, 3.8) is 0 Å². The molecule has 0 aliphatic heterocycles. The van der Waals surface area contributed by atoms with Gasteiger partial charge in [0.1, 0.15) is 5.75 Å². The summed E-state index contributed by atoms with van der Waals surface area (Å²) in [5, 5.41) is 7.60. The van der Waals surface area contributed by atoms with E-state index in [0.717, 1.165) is 0 Å². The molecule has 0 unspecified atom stereocenters. The van der Waals surface area contributed by atoms with E-state index < -0.39 is 17.8 Å². The second-order valence-corrected chi connectivity index (χ2v) is 9.60. The maximum atomic E-state index is 12.8. The highest BCUT2D eigenvalue weighted by Gasteiger charge is 2.17. The normalized spacial score (nSPS) is 10.6. The highest BCUT2D eigenvalue weighted by Crippen LogP contribution is 2.38. The minimum absolute atomic E-state index is 0.189. The van der Waals surface area contributed by atoms with Crippen LogP contribution in [0.5, 0.6) is 23.0 Å². The van der Waals surface area contributed by atoms with Crippen LogP contribution in [0.15, 0.2) is 84.0 Å². The van der Waals surface area contributed by atoms with Gasteiger partial charge in [0.05, 0.1) is 33.1 Å². The zero-order chi connectivity index (χ0) is 30.9. The summed E-state index contributed by atoms with van der Waals surface area (Å²) in [6.07, 6.45) is 1.31. The number of carbonyl (C=O) groups excluding carboxylic acids is 3. The molecule has 2 amide bonds. The van der Waals surface area contributed by atoms with E-state index in [2.05, 4.69) is 15.8 Å². The van der Waals surface area contributed by atoms with E-state index in [9.17, 15) is 14.4 Å². The van der Waals surface area contributed by atoms with Crippen LogP contribution in [-0.4, -0.2) is 45.3 Å². The largest absolute Gasteiger partial charge is 0.493 e. The molecule has 0 aromatic heterocycles. The molecule has 0 aliphatic rings. The number of ether oxygens (including phenoxy) is 4. The summed E-state index contributed by atoms with van der Waals surface area (Å²) in [6.45, 7) is 0. The van der Waals surface area contributed by atoms with E-state index in [1.807, 2.05) is 0 Å². The second kappa shape index (κ2) is 14.2. The Morgan fingerprint density at radius 2 is 1.28 bits per heavy atom. The van der Waals surface area contributed by atoms with Crippen LogP contribution in [0.2, 0.25) is 10.0 Å². The second-order valence-electron chi connectivity index (χ2n) is 8.72. The Morgan fingerprint density at radius 3 is 1.88 bits per heavy atom. The van der Waals surface area contributed by atoms with Gasteiger partial charge in [0, 0.05) is 32.4 Å². The molecular formula is C31H25Cl2N3O7. The molecule has 12 heteroatoms. The van der Waals surface area contributed by atoms with E-state index in [1.54, 1.807) is 42.5 Å². The van der Waals surface area contributed by atoms with Crippen molar-refractivity contribution in [3.05, 3.63) is 111 Å². The topological polar surface area (TPSA) is 125 Å². The van der Waals surface area contributed by atoms with Crippen LogP contribution in [0.4, 0.5) is 5.69 Å². The number of carbonyl (C=O) groups is 3. The maximum Gasteiger partial charge on any atom is 0.343 e. The summed E-state index contributed by atoms with van der Waals surface area (Å²) in [4.78, 5) is 38.0. The molecule has 2 N–H and O–H groups in total. The van der Waals surface area contributed by atoms with Crippen molar-refractivity contribution in [1.29, 1.82) is 0 Å². The molecule has 0 fully saturated rings. The van der Waals surface area contributed by atoms with Gasteiger partial charge in [-0.15, -0.1) is 0 Å². The van der Waals surface area contributed by atoms with Crippen LogP contribution in [0.1, 0.15) is 36.6 Å². The maximum absolute atomic E-state index is 12.8. The van der Waals surface area contributed by atoms with Crippen LogP contribution in [0.25, 0.3) is 0 Å². The van der Waals surface area contributed by atoms with Crippen LogP contribution in [0.3, 0.4) is 0 Å². The van der Waals surface area contributed by atoms with Gasteiger partial charge >= 0.3 is 5.97 Å². The standard InChI is InChI=1S/C31H25Cl2N3O7/c1-40-26-15-20(16-27(41-2)28(26)42-3)29(37)35-24-11-6-18(7-12-24)30(38)36-34-17-21-14-23(33)10-13-25(21)43-31(39)19-4-8-22(32)9-5-19/h4-17H,1-3H3,(H,35,37)(H,36,38)/b34-17+. The van der Waals surface area contributed by atoms with Crippen molar-refractivity contribution in [1.82, 2.24) is 5.43 Å². The number of methoxy groups -OCH3 is 3. The summed E-state index contributed by atoms with van der Waals surface area (Å²) < 4.78 is 21.4. The third kappa shape index (κ3) is 7.82. The van der Waals surface area contributed by atoms with Crippen LogP contribution in [0, 0.1) is 0 Å². The first-order valence-electron chi connectivity index (χ1n) is 12.5. The molecular weight excluding hydrogens is 597 g/mol. The fraction of sp³-hybridized carbons (Fsp3) is 0.0968. The fourth-order valence-corrected chi connectivity index (χ4v) is 4.11. The van der Waals surface area contributed by atoms with Crippen molar-refractivity contribution in [3.8, 4) is 23.0 Å². The minimum atomic E-state index is -0.602. The Kier molecular flexibility index (Phi) is 10.2. The summed E-state index contributed by atoms with van der Waals surface area (Å²) in [5.41, 5.74) is 4.09. The Labute approximate surface area is 257 Å². The predicted octanol–water partition coefficient (Wildman–Crippen LogP) is 6.25. The van der Waals surface area contributed by atoms with E-state index in [1.165, 1.54) is 63.9 Å². The molecule has 4 aromatic carbocycles. The lowest BCUT2D eigenvalue weighted by molar-refractivity contribution is 0.0734. The van der Waals surface area contributed by atoms with E-state index >= 15 is 0 Å². The number of nitrogens with one attached hydrogen (secondary N) is 2. The summed E-state index contributed by atoms with van der Waals surface area (Å²) in [6, 6.07) is 20.1. The summed E-state index contributed by atoms with van der Waals surface area (Å²) in [7, 11) is 4.38. The average molecular weight is 622 g/mol. The van der Waals surface area contributed by atoms with Gasteiger partial charge in [-0.3, -0.25) is 9.59 Å². The molecule has 220 valence electrons. The number of rotatable bonds is 10. The van der Waals surface area contributed by atoms with E-state index in [4.69, 9.17) is 42.1 Å². The highest BCUT2D eigenvalue weighted by atomic mass is 35.5. The average Bonchev–Trinajstić information content (AvgIpc) is 3.02. The molecule has 0 bridgehead atoms. The highest BCUT2D eigenvalue weighted by molar-refractivity contribution is 6.31. The molecule has 4 aromatic rings. The first-order valence-corrected chi connectivity index (χ1v) is 13.3. The van der Waals surface area contributed by atoms with E-state index in [-0.39, 0.29) is 16.9 Å². The molecule has 0 radical (unpaired) electrons. The third-order valence-corrected chi connectivity index (χ3v) is 6.44. The molecule has 43 heavy (non-hydrogen) atoms. The van der Waals surface area contributed by atoms with Crippen molar-refractivity contribution < 1.29 is 33.3 Å². The van der Waals surface area contributed by atoms with Gasteiger partial charge in [-0.2, -0.15) is 5.10 Å². The third-order valence-electron chi connectivity index (χ3n) is 5.96. The molecule has 0 aliphatic carbocycles. The lowest BCUT2D eigenvalue weighted by Crippen LogP contribution is -2.18. The fourth-order valence-electron chi connectivity index (χ4n) is 3.80. The molecule has 0 saturated carbocycles. The van der Waals surface area contributed by atoms with Crippen molar-refractivity contribution in [2.75, 3.05) is 26.6 Å². The Hall–Kier alpha value is -5.06. The zero-order valence-corrected chi connectivity index (χ0v) is 24.7. The van der Waals surface area contributed by atoms with Crippen LogP contribution in [-0.2, 0) is 0 Å². The van der Waals surface area contributed by atoms with Crippen LogP contribution < -0.4 is 29.7 Å². The molecule has 10 nitrogen and oxygen atoms in total. The number of esters is 1. The van der Waals surface area contributed by atoms with Gasteiger partial charge in [-0.1, -0.05) is 23.2 Å². The van der Waals surface area contributed by atoms with Gasteiger partial charge in [-0.05, 0) is 78.9 Å².